The van der Waals surface area contributed by atoms with Gasteiger partial charge in [0.05, 0.1) is 19.8 Å². The van der Waals surface area contributed by atoms with Gasteiger partial charge in [0.2, 0.25) is 5.91 Å². The lowest BCUT2D eigenvalue weighted by Gasteiger charge is -2.36. The smallest absolute Gasteiger partial charge is 0.240 e. The minimum Gasteiger partial charge on any atom is -0.493 e. The molecule has 20 heavy (non-hydrogen) atoms. The first-order valence-corrected chi connectivity index (χ1v) is 6.37. The first kappa shape index (κ1) is 16.6. The Morgan fingerprint density at radius 1 is 1.30 bits per heavy atom. The minimum absolute atomic E-state index is 0. The lowest BCUT2D eigenvalue weighted by molar-refractivity contribution is -0.129. The SMILES string of the molecule is COc1ccc(CNC(=O)C2(N)CCC2)cc1OC.Cl. The summed E-state index contributed by atoms with van der Waals surface area (Å²) in [5.74, 6) is 1.25. The summed E-state index contributed by atoms with van der Waals surface area (Å²) in [6.07, 6.45) is 2.57. The van der Waals surface area contributed by atoms with Crippen molar-refractivity contribution in [1.29, 1.82) is 0 Å². The highest BCUT2D eigenvalue weighted by atomic mass is 35.5. The molecule has 0 saturated heterocycles. The molecule has 3 N–H and O–H groups in total. The summed E-state index contributed by atoms with van der Waals surface area (Å²) in [7, 11) is 3.18. The fourth-order valence-electron chi connectivity index (χ4n) is 2.13. The molecular weight excluding hydrogens is 280 g/mol. The van der Waals surface area contributed by atoms with E-state index in [0.717, 1.165) is 24.8 Å². The van der Waals surface area contributed by atoms with Crippen LogP contribution in [0.3, 0.4) is 0 Å². The van der Waals surface area contributed by atoms with Gasteiger partial charge in [-0.2, -0.15) is 0 Å². The number of benzene rings is 1. The van der Waals surface area contributed by atoms with Crippen LogP contribution in [0.1, 0.15) is 24.8 Å². The van der Waals surface area contributed by atoms with Gasteiger partial charge >= 0.3 is 0 Å². The van der Waals surface area contributed by atoms with Gasteiger partial charge in [0.15, 0.2) is 11.5 Å². The normalized spacial score (nSPS) is 15.6. The monoisotopic (exact) mass is 300 g/mol. The van der Waals surface area contributed by atoms with Crippen LogP contribution in [-0.4, -0.2) is 25.7 Å². The van der Waals surface area contributed by atoms with Crippen molar-refractivity contribution < 1.29 is 14.3 Å². The lowest BCUT2D eigenvalue weighted by Crippen LogP contribution is -2.58. The highest BCUT2D eigenvalue weighted by molar-refractivity contribution is 5.87. The van der Waals surface area contributed by atoms with Gasteiger partial charge in [0.25, 0.3) is 0 Å². The average Bonchev–Trinajstić information content (AvgIpc) is 2.41. The Labute approximate surface area is 125 Å². The van der Waals surface area contributed by atoms with Crippen LogP contribution in [0.4, 0.5) is 0 Å². The number of ether oxygens (including phenoxy) is 2. The average molecular weight is 301 g/mol. The predicted molar refractivity (Wildman–Crippen MR) is 79.4 cm³/mol. The molecule has 0 atom stereocenters. The van der Waals surface area contributed by atoms with E-state index in [4.69, 9.17) is 15.2 Å². The molecule has 1 saturated carbocycles. The van der Waals surface area contributed by atoms with E-state index in [1.54, 1.807) is 14.2 Å². The number of hydrogen-bond donors (Lipinski definition) is 2. The molecule has 0 aliphatic heterocycles. The number of halogens is 1. The van der Waals surface area contributed by atoms with Crippen molar-refractivity contribution >= 4 is 18.3 Å². The summed E-state index contributed by atoms with van der Waals surface area (Å²) in [6, 6.07) is 5.57. The van der Waals surface area contributed by atoms with Crippen molar-refractivity contribution in [3.63, 3.8) is 0 Å². The quantitative estimate of drug-likeness (QED) is 0.867. The molecule has 2 rings (SSSR count). The van der Waals surface area contributed by atoms with Gasteiger partial charge in [-0.05, 0) is 37.0 Å². The second-order valence-electron chi connectivity index (χ2n) is 4.88. The van der Waals surface area contributed by atoms with E-state index in [1.807, 2.05) is 18.2 Å². The first-order chi connectivity index (χ1) is 9.09. The maximum atomic E-state index is 11.9. The van der Waals surface area contributed by atoms with Crippen LogP contribution in [0.5, 0.6) is 11.5 Å². The fourth-order valence-corrected chi connectivity index (χ4v) is 2.13. The number of amides is 1. The molecule has 0 unspecified atom stereocenters. The van der Waals surface area contributed by atoms with Crippen LogP contribution in [0, 0.1) is 0 Å². The third-order valence-corrected chi connectivity index (χ3v) is 3.60. The number of nitrogens with one attached hydrogen (secondary N) is 1. The molecule has 0 bridgehead atoms. The van der Waals surface area contributed by atoms with Gasteiger partial charge in [-0.1, -0.05) is 6.07 Å². The van der Waals surface area contributed by atoms with Crippen molar-refractivity contribution in [2.45, 2.75) is 31.3 Å². The van der Waals surface area contributed by atoms with Crippen LogP contribution in [0.15, 0.2) is 18.2 Å². The van der Waals surface area contributed by atoms with Gasteiger partial charge < -0.3 is 20.5 Å². The molecule has 1 aliphatic carbocycles. The summed E-state index contributed by atoms with van der Waals surface area (Å²) >= 11 is 0. The zero-order valence-corrected chi connectivity index (χ0v) is 12.6. The van der Waals surface area contributed by atoms with Crippen LogP contribution in [-0.2, 0) is 11.3 Å². The third kappa shape index (κ3) is 3.35. The number of carbonyl (C=O) groups is 1. The molecular formula is C14H21ClN2O3. The Morgan fingerprint density at radius 2 is 1.95 bits per heavy atom. The topological polar surface area (TPSA) is 73.6 Å². The molecule has 112 valence electrons. The molecule has 1 aromatic carbocycles. The molecule has 1 fully saturated rings. The zero-order valence-electron chi connectivity index (χ0n) is 11.8. The Kier molecular flexibility index (Phi) is 5.65. The van der Waals surface area contributed by atoms with Crippen molar-refractivity contribution in [3.05, 3.63) is 23.8 Å². The fraction of sp³-hybridized carbons (Fsp3) is 0.500. The number of hydrogen-bond acceptors (Lipinski definition) is 4. The summed E-state index contributed by atoms with van der Waals surface area (Å²) in [4.78, 5) is 11.9. The largest absolute Gasteiger partial charge is 0.493 e. The van der Waals surface area contributed by atoms with Gasteiger partial charge in [0, 0.05) is 6.54 Å². The van der Waals surface area contributed by atoms with E-state index in [0.29, 0.717) is 18.0 Å². The number of carbonyl (C=O) groups excluding carboxylic acids is 1. The Bertz CT molecular complexity index is 475. The maximum absolute atomic E-state index is 11.9. The van der Waals surface area contributed by atoms with E-state index >= 15 is 0 Å². The summed E-state index contributed by atoms with van der Waals surface area (Å²) in [5.41, 5.74) is 6.25. The first-order valence-electron chi connectivity index (χ1n) is 6.37. The zero-order chi connectivity index (χ0) is 13.9. The van der Waals surface area contributed by atoms with Crippen LogP contribution in [0.25, 0.3) is 0 Å². The van der Waals surface area contributed by atoms with Crippen molar-refractivity contribution in [3.8, 4) is 11.5 Å². The van der Waals surface area contributed by atoms with E-state index < -0.39 is 5.54 Å². The van der Waals surface area contributed by atoms with Crippen LogP contribution in [0.2, 0.25) is 0 Å². The van der Waals surface area contributed by atoms with Gasteiger partial charge in [-0.25, -0.2) is 0 Å². The lowest BCUT2D eigenvalue weighted by atomic mass is 9.77. The van der Waals surface area contributed by atoms with Crippen molar-refractivity contribution in [2.75, 3.05) is 14.2 Å². The number of rotatable bonds is 5. The molecule has 0 radical (unpaired) electrons. The van der Waals surface area contributed by atoms with Gasteiger partial charge in [0.1, 0.15) is 0 Å². The van der Waals surface area contributed by atoms with E-state index in [9.17, 15) is 4.79 Å². The number of nitrogens with two attached hydrogens (primary N) is 1. The summed E-state index contributed by atoms with van der Waals surface area (Å²) < 4.78 is 10.4. The molecule has 1 aliphatic rings. The molecule has 0 heterocycles. The Morgan fingerprint density at radius 3 is 2.45 bits per heavy atom. The van der Waals surface area contributed by atoms with Crippen molar-refractivity contribution in [2.24, 2.45) is 5.73 Å². The predicted octanol–water partition coefficient (Wildman–Crippen LogP) is 1.62. The van der Waals surface area contributed by atoms with Crippen LogP contribution < -0.4 is 20.5 Å². The summed E-state index contributed by atoms with van der Waals surface area (Å²) in [5, 5.41) is 2.87. The summed E-state index contributed by atoms with van der Waals surface area (Å²) in [6.45, 7) is 0.443. The Balaban J connectivity index is 0.00000200. The molecule has 1 aromatic rings. The highest BCUT2D eigenvalue weighted by Crippen LogP contribution is 2.30. The maximum Gasteiger partial charge on any atom is 0.240 e. The van der Waals surface area contributed by atoms with E-state index in [2.05, 4.69) is 5.32 Å². The van der Waals surface area contributed by atoms with Gasteiger partial charge in [-0.3, -0.25) is 4.79 Å². The second-order valence-corrected chi connectivity index (χ2v) is 4.88. The molecule has 1 amide bonds. The second kappa shape index (κ2) is 6.81. The van der Waals surface area contributed by atoms with Crippen LogP contribution >= 0.6 is 12.4 Å². The Hall–Kier alpha value is -1.46. The molecule has 0 spiro atoms. The number of methoxy groups -OCH3 is 2. The highest BCUT2D eigenvalue weighted by Gasteiger charge is 2.39. The molecule has 5 nitrogen and oxygen atoms in total. The third-order valence-electron chi connectivity index (χ3n) is 3.60. The molecule has 0 aromatic heterocycles. The minimum atomic E-state index is -0.656. The standard InChI is InChI=1S/C14H20N2O3.ClH/c1-18-11-5-4-10(8-12(11)19-2)9-16-13(17)14(15)6-3-7-14;/h4-5,8H,3,6-7,9,15H2,1-2H3,(H,16,17);1H. The van der Waals surface area contributed by atoms with Crippen molar-refractivity contribution in [1.82, 2.24) is 5.32 Å². The van der Waals surface area contributed by atoms with E-state index in [1.165, 1.54) is 0 Å². The van der Waals surface area contributed by atoms with Gasteiger partial charge in [-0.15, -0.1) is 12.4 Å². The molecule has 6 heteroatoms. The van der Waals surface area contributed by atoms with E-state index in [-0.39, 0.29) is 18.3 Å².